The highest BCUT2D eigenvalue weighted by Crippen LogP contribution is 2.36. The molecule has 216 valence electrons. The first-order valence-electron chi connectivity index (χ1n) is 13.2. The minimum absolute atomic E-state index is 0.150. The summed E-state index contributed by atoms with van der Waals surface area (Å²) >= 11 is 10.4. The molecular formula is C32H29BrClN3O5. The van der Waals surface area contributed by atoms with Gasteiger partial charge >= 0.3 is 5.97 Å². The Morgan fingerprint density at radius 2 is 1.83 bits per heavy atom. The molecule has 0 spiro atoms. The second-order valence-electron chi connectivity index (χ2n) is 9.14. The van der Waals surface area contributed by atoms with E-state index in [1.54, 1.807) is 37.4 Å². The summed E-state index contributed by atoms with van der Waals surface area (Å²) in [5, 5.41) is 22.2. The fourth-order valence-electron chi connectivity index (χ4n) is 4.13. The highest BCUT2D eigenvalue weighted by atomic mass is 79.9. The van der Waals surface area contributed by atoms with Crippen LogP contribution >= 0.6 is 27.5 Å². The molecule has 0 saturated heterocycles. The molecule has 8 nitrogen and oxygen atoms in total. The number of nitrogens with one attached hydrogen (secondary N) is 1. The number of nitriles is 1. The highest BCUT2D eigenvalue weighted by molar-refractivity contribution is 9.10. The standard InChI is InChI=1S/C32H29BrClN3O5/c1-2-40-32(39)28(18-38)37-17-24-14-27(34)30(15-29(24)41-19-21-11-12-36-25(13-21)16-35)42-20-23-9-6-10-26(31(23)33)22-7-4-3-5-8-22/h3-15,28,37-38H,2,17-20H2,1H3/t28-/m0/s1. The van der Waals surface area contributed by atoms with Crippen LogP contribution in [0.25, 0.3) is 11.1 Å². The van der Waals surface area contributed by atoms with Crippen molar-refractivity contribution < 1.29 is 24.1 Å². The van der Waals surface area contributed by atoms with E-state index < -0.39 is 18.6 Å². The van der Waals surface area contributed by atoms with Gasteiger partial charge in [-0.05, 0) is 57.7 Å². The zero-order valence-corrected chi connectivity index (χ0v) is 25.2. The van der Waals surface area contributed by atoms with Crippen LogP contribution in [0.1, 0.15) is 29.3 Å². The van der Waals surface area contributed by atoms with Crippen LogP contribution in [0.2, 0.25) is 5.02 Å². The lowest BCUT2D eigenvalue weighted by atomic mass is 10.0. The fraction of sp³-hybridized carbons (Fsp3) is 0.219. The molecule has 1 atom stereocenters. The molecule has 0 bridgehead atoms. The SMILES string of the molecule is CCOC(=O)[C@H](CO)NCc1cc(Cl)c(OCc2cccc(-c3ccccc3)c2Br)cc1OCc1ccnc(C#N)c1. The lowest BCUT2D eigenvalue weighted by Gasteiger charge is -2.19. The number of carbonyl (C=O) groups is 1. The van der Waals surface area contributed by atoms with Gasteiger partial charge in [0, 0.05) is 34.4 Å². The monoisotopic (exact) mass is 649 g/mol. The van der Waals surface area contributed by atoms with E-state index in [4.69, 9.17) is 25.8 Å². The topological polar surface area (TPSA) is 114 Å². The number of nitrogens with zero attached hydrogens (tertiary/aromatic N) is 2. The van der Waals surface area contributed by atoms with Crippen molar-refractivity contribution in [2.24, 2.45) is 0 Å². The van der Waals surface area contributed by atoms with Gasteiger partial charge in [-0.1, -0.05) is 60.1 Å². The van der Waals surface area contributed by atoms with Crippen LogP contribution in [0, 0.1) is 11.3 Å². The predicted octanol–water partition coefficient (Wildman–Crippen LogP) is 6.21. The lowest BCUT2D eigenvalue weighted by molar-refractivity contribution is -0.146. The smallest absolute Gasteiger partial charge is 0.325 e. The van der Waals surface area contributed by atoms with E-state index in [9.17, 15) is 15.2 Å². The third-order valence-electron chi connectivity index (χ3n) is 6.29. The molecule has 0 radical (unpaired) electrons. The Morgan fingerprint density at radius 3 is 2.57 bits per heavy atom. The Hall–Kier alpha value is -3.94. The van der Waals surface area contributed by atoms with Crippen LogP contribution in [0.4, 0.5) is 0 Å². The van der Waals surface area contributed by atoms with Crippen molar-refractivity contribution in [1.29, 1.82) is 5.26 Å². The van der Waals surface area contributed by atoms with E-state index in [0.29, 0.717) is 22.1 Å². The molecule has 4 rings (SSSR count). The largest absolute Gasteiger partial charge is 0.488 e. The minimum atomic E-state index is -0.917. The maximum Gasteiger partial charge on any atom is 0.325 e. The number of pyridine rings is 1. The average molecular weight is 651 g/mol. The lowest BCUT2D eigenvalue weighted by Crippen LogP contribution is -2.40. The van der Waals surface area contributed by atoms with Gasteiger partial charge in [-0.2, -0.15) is 5.26 Å². The number of hydrogen-bond donors (Lipinski definition) is 2. The summed E-state index contributed by atoms with van der Waals surface area (Å²) in [4.78, 5) is 16.2. The van der Waals surface area contributed by atoms with Crippen molar-refractivity contribution in [3.63, 3.8) is 0 Å². The summed E-state index contributed by atoms with van der Waals surface area (Å²) in [6.45, 7) is 2.01. The first-order valence-corrected chi connectivity index (χ1v) is 14.4. The van der Waals surface area contributed by atoms with E-state index in [0.717, 1.165) is 26.7 Å². The zero-order chi connectivity index (χ0) is 29.9. The molecule has 42 heavy (non-hydrogen) atoms. The maximum absolute atomic E-state index is 12.2. The Bertz CT molecular complexity index is 1560. The van der Waals surface area contributed by atoms with Gasteiger partial charge in [-0.25, -0.2) is 4.98 Å². The van der Waals surface area contributed by atoms with E-state index >= 15 is 0 Å². The summed E-state index contributed by atoms with van der Waals surface area (Å²) < 4.78 is 18.3. The van der Waals surface area contributed by atoms with Crippen molar-refractivity contribution >= 4 is 33.5 Å². The van der Waals surface area contributed by atoms with Gasteiger partial charge in [0.25, 0.3) is 0 Å². The average Bonchev–Trinajstić information content (AvgIpc) is 3.01. The zero-order valence-electron chi connectivity index (χ0n) is 22.8. The molecule has 2 N–H and O–H groups in total. The molecular weight excluding hydrogens is 622 g/mol. The Kier molecular flexibility index (Phi) is 11.3. The number of aromatic nitrogens is 1. The number of benzene rings is 3. The molecule has 1 heterocycles. The van der Waals surface area contributed by atoms with Crippen LogP contribution < -0.4 is 14.8 Å². The van der Waals surface area contributed by atoms with Crippen molar-refractivity contribution in [2.45, 2.75) is 32.7 Å². The summed E-state index contributed by atoms with van der Waals surface area (Å²) in [5.41, 5.74) is 4.72. The van der Waals surface area contributed by atoms with Crippen LogP contribution in [-0.4, -0.2) is 35.3 Å². The first kappa shape index (κ1) is 31.0. The molecule has 10 heteroatoms. The number of rotatable bonds is 13. The van der Waals surface area contributed by atoms with E-state index in [1.165, 1.54) is 0 Å². The number of esters is 1. The molecule has 1 aromatic heterocycles. The second-order valence-corrected chi connectivity index (χ2v) is 10.3. The Labute approximate surface area is 258 Å². The van der Waals surface area contributed by atoms with Crippen molar-refractivity contribution in [3.05, 3.63) is 111 Å². The number of aliphatic hydroxyl groups excluding tert-OH is 1. The molecule has 3 aromatic carbocycles. The quantitative estimate of drug-likeness (QED) is 0.164. The number of carbonyl (C=O) groups excluding carboxylic acids is 1. The summed E-state index contributed by atoms with van der Waals surface area (Å²) in [7, 11) is 0. The number of hydrogen-bond acceptors (Lipinski definition) is 8. The molecule has 4 aromatic rings. The van der Waals surface area contributed by atoms with Gasteiger partial charge in [0.1, 0.15) is 42.5 Å². The highest BCUT2D eigenvalue weighted by Gasteiger charge is 2.20. The Morgan fingerprint density at radius 1 is 1.05 bits per heavy atom. The van der Waals surface area contributed by atoms with Crippen LogP contribution in [0.3, 0.4) is 0 Å². The molecule has 0 fully saturated rings. The predicted molar refractivity (Wildman–Crippen MR) is 163 cm³/mol. The summed E-state index contributed by atoms with van der Waals surface area (Å²) in [6, 6.07) is 23.9. The molecule has 0 aliphatic heterocycles. The van der Waals surface area contributed by atoms with Crippen LogP contribution in [-0.2, 0) is 29.3 Å². The van der Waals surface area contributed by atoms with Gasteiger partial charge < -0.3 is 19.3 Å². The molecule has 0 unspecified atom stereocenters. The molecule has 0 aliphatic carbocycles. The van der Waals surface area contributed by atoms with Gasteiger partial charge in [0.15, 0.2) is 0 Å². The Balaban J connectivity index is 1.57. The van der Waals surface area contributed by atoms with E-state index in [1.807, 2.05) is 54.6 Å². The van der Waals surface area contributed by atoms with Gasteiger partial charge in [0.2, 0.25) is 0 Å². The number of aliphatic hydroxyl groups is 1. The summed E-state index contributed by atoms with van der Waals surface area (Å²) in [5.74, 6) is 0.302. The molecule has 0 aliphatic rings. The van der Waals surface area contributed by atoms with Crippen molar-refractivity contribution in [3.8, 4) is 28.7 Å². The maximum atomic E-state index is 12.2. The number of ether oxygens (including phenoxy) is 3. The number of halogens is 2. The molecule has 0 amide bonds. The fourth-order valence-corrected chi connectivity index (χ4v) is 4.98. The second kappa shape index (κ2) is 15.3. The third-order valence-corrected chi connectivity index (χ3v) is 7.52. The normalized spacial score (nSPS) is 11.4. The van der Waals surface area contributed by atoms with E-state index in [2.05, 4.69) is 26.2 Å². The minimum Gasteiger partial charge on any atom is -0.488 e. The van der Waals surface area contributed by atoms with E-state index in [-0.39, 0.29) is 32.1 Å². The van der Waals surface area contributed by atoms with Crippen LogP contribution in [0.15, 0.2) is 83.5 Å². The van der Waals surface area contributed by atoms with Gasteiger partial charge in [-0.3, -0.25) is 10.1 Å². The molecule has 0 saturated carbocycles. The van der Waals surface area contributed by atoms with Crippen LogP contribution in [0.5, 0.6) is 11.5 Å². The van der Waals surface area contributed by atoms with Crippen molar-refractivity contribution in [2.75, 3.05) is 13.2 Å². The van der Waals surface area contributed by atoms with Gasteiger partial charge in [-0.15, -0.1) is 0 Å². The van der Waals surface area contributed by atoms with Crippen molar-refractivity contribution in [1.82, 2.24) is 10.3 Å². The first-order chi connectivity index (χ1) is 20.4. The van der Waals surface area contributed by atoms with Gasteiger partial charge in [0.05, 0.1) is 18.2 Å². The summed E-state index contributed by atoms with van der Waals surface area (Å²) in [6.07, 6.45) is 1.54. The third kappa shape index (κ3) is 8.08.